The van der Waals surface area contributed by atoms with E-state index >= 15 is 0 Å². The highest BCUT2D eigenvalue weighted by Gasteiger charge is 2.34. The highest BCUT2D eigenvalue weighted by atomic mass is 15.2. The molecule has 2 fully saturated rings. The van der Waals surface area contributed by atoms with Gasteiger partial charge in [0.15, 0.2) is 6.19 Å². The molecule has 0 aromatic carbocycles. The van der Waals surface area contributed by atoms with E-state index in [0.29, 0.717) is 12.1 Å². The normalized spacial score (nSPS) is 35.6. The fourth-order valence-electron chi connectivity index (χ4n) is 2.50. The molecule has 2 aliphatic rings. The zero-order valence-electron chi connectivity index (χ0n) is 7.29. The van der Waals surface area contributed by atoms with Crippen molar-refractivity contribution in [1.29, 1.82) is 5.26 Å². The van der Waals surface area contributed by atoms with Gasteiger partial charge in [-0.1, -0.05) is 6.42 Å². The predicted molar refractivity (Wildman–Crippen MR) is 46.4 cm³/mol. The van der Waals surface area contributed by atoms with Gasteiger partial charge in [-0.05, 0) is 25.8 Å². The van der Waals surface area contributed by atoms with Gasteiger partial charge in [0, 0.05) is 12.6 Å². The Kier molecular flexibility index (Phi) is 2.18. The van der Waals surface area contributed by atoms with E-state index in [2.05, 4.69) is 16.4 Å². The van der Waals surface area contributed by atoms with Crippen molar-refractivity contribution in [3.63, 3.8) is 0 Å². The number of nitrogens with zero attached hydrogens (tertiary/aromatic N) is 2. The fourth-order valence-corrected chi connectivity index (χ4v) is 2.50. The number of nitrogens with one attached hydrogen (secondary N) is 1. The summed E-state index contributed by atoms with van der Waals surface area (Å²) in [5.74, 6) is 0. The quantitative estimate of drug-likeness (QED) is 0.459. The highest BCUT2D eigenvalue weighted by Crippen LogP contribution is 2.26. The first-order valence-corrected chi connectivity index (χ1v) is 4.80. The Bertz CT molecular complexity index is 196. The molecular formula is C9H15N3. The number of hydrogen-bond donors (Lipinski definition) is 1. The molecule has 3 nitrogen and oxygen atoms in total. The summed E-state index contributed by atoms with van der Waals surface area (Å²) in [6.07, 6.45) is 7.18. The summed E-state index contributed by atoms with van der Waals surface area (Å²) < 4.78 is 0. The predicted octanol–water partition coefficient (Wildman–Crippen LogP) is 0.684. The summed E-state index contributed by atoms with van der Waals surface area (Å²) in [7, 11) is 0. The van der Waals surface area contributed by atoms with Crippen molar-refractivity contribution in [1.82, 2.24) is 10.2 Å². The molecule has 2 saturated heterocycles. The van der Waals surface area contributed by atoms with Gasteiger partial charge in [-0.3, -0.25) is 4.90 Å². The lowest BCUT2D eigenvalue weighted by Crippen LogP contribution is -2.43. The standard InChI is InChI=1S/C9H15N3/c10-7-11-8-4-6-12-5-2-1-3-9(8)12/h8-9,11H,1-6H2. The fraction of sp³-hybridized carbons (Fsp3) is 0.889. The molecular weight excluding hydrogens is 150 g/mol. The Morgan fingerprint density at radius 1 is 1.25 bits per heavy atom. The van der Waals surface area contributed by atoms with Crippen molar-refractivity contribution in [2.24, 2.45) is 0 Å². The van der Waals surface area contributed by atoms with Gasteiger partial charge in [0.05, 0.1) is 6.04 Å². The van der Waals surface area contributed by atoms with Crippen LogP contribution in [0.3, 0.4) is 0 Å². The topological polar surface area (TPSA) is 39.1 Å². The summed E-state index contributed by atoms with van der Waals surface area (Å²) in [5.41, 5.74) is 0. The van der Waals surface area contributed by atoms with Gasteiger partial charge in [0.2, 0.25) is 0 Å². The van der Waals surface area contributed by atoms with E-state index < -0.39 is 0 Å². The van der Waals surface area contributed by atoms with Gasteiger partial charge in [0.25, 0.3) is 0 Å². The molecule has 0 aromatic heterocycles. The smallest absolute Gasteiger partial charge is 0.176 e. The molecule has 2 unspecified atom stereocenters. The number of hydrogen-bond acceptors (Lipinski definition) is 3. The molecule has 2 rings (SSSR count). The second kappa shape index (κ2) is 3.32. The minimum absolute atomic E-state index is 0.440. The lowest BCUT2D eigenvalue weighted by atomic mass is 9.99. The Balaban J connectivity index is 1.97. The Morgan fingerprint density at radius 3 is 3.00 bits per heavy atom. The summed E-state index contributed by atoms with van der Waals surface area (Å²) in [6.45, 7) is 2.43. The largest absolute Gasteiger partial charge is 0.319 e. The van der Waals surface area contributed by atoms with Crippen molar-refractivity contribution in [2.45, 2.75) is 37.8 Å². The lowest BCUT2D eigenvalue weighted by Gasteiger charge is -2.31. The maximum Gasteiger partial charge on any atom is 0.176 e. The molecule has 0 aromatic rings. The van der Waals surface area contributed by atoms with Gasteiger partial charge in [-0.25, -0.2) is 0 Å². The Morgan fingerprint density at radius 2 is 2.17 bits per heavy atom. The van der Waals surface area contributed by atoms with Crippen molar-refractivity contribution < 1.29 is 0 Å². The highest BCUT2D eigenvalue weighted by molar-refractivity contribution is 4.96. The van der Waals surface area contributed by atoms with Crippen LogP contribution in [0.2, 0.25) is 0 Å². The molecule has 66 valence electrons. The van der Waals surface area contributed by atoms with Gasteiger partial charge in [-0.15, -0.1) is 0 Å². The molecule has 2 heterocycles. The SMILES string of the molecule is N#CNC1CCN2CCCCC12. The molecule has 0 radical (unpaired) electrons. The van der Waals surface area contributed by atoms with E-state index in [1.165, 1.54) is 32.4 Å². The van der Waals surface area contributed by atoms with Crippen LogP contribution in [0.5, 0.6) is 0 Å². The average Bonchev–Trinajstić information content (AvgIpc) is 2.50. The van der Waals surface area contributed by atoms with E-state index in [4.69, 9.17) is 5.26 Å². The van der Waals surface area contributed by atoms with Crippen LogP contribution in [-0.4, -0.2) is 30.1 Å². The minimum Gasteiger partial charge on any atom is -0.319 e. The third-order valence-electron chi connectivity index (χ3n) is 3.11. The third kappa shape index (κ3) is 1.27. The van der Waals surface area contributed by atoms with Crippen LogP contribution in [0.4, 0.5) is 0 Å². The molecule has 2 aliphatic heterocycles. The van der Waals surface area contributed by atoms with Crippen LogP contribution in [0.15, 0.2) is 0 Å². The van der Waals surface area contributed by atoms with Gasteiger partial charge in [-0.2, -0.15) is 5.26 Å². The van der Waals surface area contributed by atoms with E-state index in [9.17, 15) is 0 Å². The van der Waals surface area contributed by atoms with E-state index in [1.54, 1.807) is 0 Å². The molecule has 0 aliphatic carbocycles. The molecule has 12 heavy (non-hydrogen) atoms. The van der Waals surface area contributed by atoms with E-state index in [0.717, 1.165) is 6.42 Å². The monoisotopic (exact) mass is 165 g/mol. The summed E-state index contributed by atoms with van der Waals surface area (Å²) >= 11 is 0. The van der Waals surface area contributed by atoms with Crippen LogP contribution in [0.1, 0.15) is 25.7 Å². The minimum atomic E-state index is 0.440. The van der Waals surface area contributed by atoms with Crippen LogP contribution in [-0.2, 0) is 0 Å². The second-order valence-corrected chi connectivity index (χ2v) is 3.75. The summed E-state index contributed by atoms with van der Waals surface area (Å²) in [5, 5.41) is 11.4. The van der Waals surface area contributed by atoms with Gasteiger partial charge < -0.3 is 5.32 Å². The van der Waals surface area contributed by atoms with Crippen LogP contribution < -0.4 is 5.32 Å². The maximum absolute atomic E-state index is 8.54. The van der Waals surface area contributed by atoms with Gasteiger partial charge >= 0.3 is 0 Å². The summed E-state index contributed by atoms with van der Waals surface area (Å²) in [4.78, 5) is 2.53. The van der Waals surface area contributed by atoms with E-state index in [-0.39, 0.29) is 0 Å². The average molecular weight is 165 g/mol. The van der Waals surface area contributed by atoms with Crippen molar-refractivity contribution >= 4 is 0 Å². The summed E-state index contributed by atoms with van der Waals surface area (Å²) in [6, 6.07) is 1.09. The first-order chi connectivity index (χ1) is 5.92. The first-order valence-electron chi connectivity index (χ1n) is 4.80. The molecule has 0 amide bonds. The zero-order chi connectivity index (χ0) is 8.39. The molecule has 1 N–H and O–H groups in total. The Labute approximate surface area is 73.3 Å². The van der Waals surface area contributed by atoms with E-state index in [1.807, 2.05) is 0 Å². The number of piperidine rings is 1. The van der Waals surface area contributed by atoms with Crippen LogP contribution in [0, 0.1) is 11.5 Å². The van der Waals surface area contributed by atoms with Crippen molar-refractivity contribution in [2.75, 3.05) is 13.1 Å². The number of rotatable bonds is 1. The molecule has 0 saturated carbocycles. The third-order valence-corrected chi connectivity index (χ3v) is 3.11. The number of fused-ring (bicyclic) bond motifs is 1. The van der Waals surface area contributed by atoms with Crippen molar-refractivity contribution in [3.05, 3.63) is 0 Å². The lowest BCUT2D eigenvalue weighted by molar-refractivity contribution is 0.185. The molecule has 0 bridgehead atoms. The maximum atomic E-state index is 8.54. The van der Waals surface area contributed by atoms with Crippen LogP contribution >= 0.6 is 0 Å². The Hall–Kier alpha value is -0.750. The van der Waals surface area contributed by atoms with Crippen LogP contribution in [0.25, 0.3) is 0 Å². The zero-order valence-corrected chi connectivity index (χ0v) is 7.29. The van der Waals surface area contributed by atoms with Crippen molar-refractivity contribution in [3.8, 4) is 6.19 Å². The second-order valence-electron chi connectivity index (χ2n) is 3.75. The molecule has 2 atom stereocenters. The molecule has 3 heteroatoms. The number of nitriles is 1. The van der Waals surface area contributed by atoms with Gasteiger partial charge in [0.1, 0.15) is 0 Å². The first kappa shape index (κ1) is 7.88. The molecule has 0 spiro atoms.